The van der Waals surface area contributed by atoms with Crippen molar-refractivity contribution in [3.8, 4) is 0 Å². The minimum Gasteiger partial charge on any atom is -0.475 e. The zero-order valence-corrected chi connectivity index (χ0v) is 6.65. The van der Waals surface area contributed by atoms with E-state index in [0.717, 1.165) is 0 Å². The third-order valence-corrected chi connectivity index (χ3v) is 1.48. The Bertz CT molecular complexity index is 356. The third-order valence-electron chi connectivity index (χ3n) is 1.48. The van der Waals surface area contributed by atoms with Gasteiger partial charge in [0.15, 0.2) is 0 Å². The topological polar surface area (TPSA) is 78.2 Å². The van der Waals surface area contributed by atoms with Crippen LogP contribution in [0.2, 0.25) is 0 Å². The highest BCUT2D eigenvalue weighted by Gasteiger charge is 2.18. The van der Waals surface area contributed by atoms with Crippen LogP contribution in [0.3, 0.4) is 0 Å². The third kappa shape index (κ3) is 1.99. The fourth-order valence-electron chi connectivity index (χ4n) is 0.843. The number of rotatable bonds is 3. The molecule has 0 heterocycles. The van der Waals surface area contributed by atoms with Gasteiger partial charge in [0.2, 0.25) is 0 Å². The summed E-state index contributed by atoms with van der Waals surface area (Å²) in [6.07, 6.45) is 0. The van der Waals surface area contributed by atoms with Gasteiger partial charge in [0, 0.05) is 5.56 Å². The van der Waals surface area contributed by atoms with E-state index in [1.54, 1.807) is 18.2 Å². The van der Waals surface area contributed by atoms with Crippen molar-refractivity contribution in [2.45, 2.75) is 0 Å². The lowest BCUT2D eigenvalue weighted by Crippen LogP contribution is -2.23. The van der Waals surface area contributed by atoms with Crippen LogP contribution in [-0.4, -0.2) is 22.6 Å². The quantitative estimate of drug-likeness (QED) is 0.527. The van der Waals surface area contributed by atoms with E-state index in [1.165, 1.54) is 12.1 Å². The molecule has 4 nitrogen and oxygen atoms in total. The summed E-state index contributed by atoms with van der Waals surface area (Å²) in [5, 5.41) is 15.6. The van der Waals surface area contributed by atoms with Crippen LogP contribution in [0.15, 0.2) is 30.3 Å². The maximum Gasteiger partial charge on any atom is 0.378 e. The first-order valence-electron chi connectivity index (χ1n) is 3.54. The normalized spacial score (nSPS) is 9.23. The van der Waals surface area contributed by atoms with E-state index in [1.807, 2.05) is 0 Å². The molecular weight excluding hydrogens is 170 g/mol. The summed E-state index contributed by atoms with van der Waals surface area (Å²) in [5.41, 5.74) is -0.178. The SMILES string of the molecule is N=C(C(=O)C(=O)O)c1ccccc1. The Labute approximate surface area is 74.3 Å². The van der Waals surface area contributed by atoms with Gasteiger partial charge in [0.25, 0.3) is 5.78 Å². The molecule has 0 aliphatic heterocycles. The average molecular weight is 177 g/mol. The molecule has 0 aliphatic rings. The summed E-state index contributed by atoms with van der Waals surface area (Å²) in [4.78, 5) is 21.0. The van der Waals surface area contributed by atoms with E-state index in [0.29, 0.717) is 5.56 Å². The van der Waals surface area contributed by atoms with Crippen LogP contribution in [-0.2, 0) is 9.59 Å². The van der Waals surface area contributed by atoms with Gasteiger partial charge in [-0.15, -0.1) is 0 Å². The molecule has 4 heteroatoms. The van der Waals surface area contributed by atoms with E-state index in [9.17, 15) is 9.59 Å². The molecule has 1 aromatic carbocycles. The summed E-state index contributed by atoms with van der Waals surface area (Å²) in [7, 11) is 0. The molecule has 2 N–H and O–H groups in total. The Kier molecular flexibility index (Phi) is 2.54. The lowest BCUT2D eigenvalue weighted by Gasteiger charge is -1.97. The molecular formula is C9H7NO3. The van der Waals surface area contributed by atoms with Gasteiger partial charge in [-0.2, -0.15) is 0 Å². The molecule has 66 valence electrons. The molecule has 0 radical (unpaired) electrons. The number of hydrogen-bond donors (Lipinski definition) is 2. The van der Waals surface area contributed by atoms with Crippen LogP contribution in [0.25, 0.3) is 0 Å². The maximum atomic E-state index is 10.8. The fraction of sp³-hybridized carbons (Fsp3) is 0. The van der Waals surface area contributed by atoms with Gasteiger partial charge in [-0.05, 0) is 0 Å². The van der Waals surface area contributed by atoms with Crippen molar-refractivity contribution >= 4 is 17.5 Å². The zero-order chi connectivity index (χ0) is 9.84. The summed E-state index contributed by atoms with van der Waals surface area (Å²) in [6.45, 7) is 0. The smallest absolute Gasteiger partial charge is 0.378 e. The van der Waals surface area contributed by atoms with E-state index in [2.05, 4.69) is 0 Å². The number of carbonyl (C=O) groups is 2. The van der Waals surface area contributed by atoms with Crippen LogP contribution in [0.1, 0.15) is 5.56 Å². The molecule has 13 heavy (non-hydrogen) atoms. The van der Waals surface area contributed by atoms with Crippen molar-refractivity contribution in [3.63, 3.8) is 0 Å². The van der Waals surface area contributed by atoms with Crippen LogP contribution >= 0.6 is 0 Å². The summed E-state index contributed by atoms with van der Waals surface area (Å²) in [6, 6.07) is 8.03. The van der Waals surface area contributed by atoms with Crippen molar-refractivity contribution < 1.29 is 14.7 Å². The number of carboxylic acids is 1. The van der Waals surface area contributed by atoms with Gasteiger partial charge < -0.3 is 5.11 Å². The van der Waals surface area contributed by atoms with Gasteiger partial charge in [-0.25, -0.2) is 4.79 Å². The second-order valence-electron chi connectivity index (χ2n) is 2.38. The van der Waals surface area contributed by atoms with E-state index in [-0.39, 0.29) is 0 Å². The standard InChI is InChI=1S/C9H7NO3/c10-7(8(11)9(12)13)6-4-2-1-3-5-6/h1-5,10H,(H,12,13). The Balaban J connectivity index is 2.93. The Morgan fingerprint density at radius 2 is 1.69 bits per heavy atom. The minimum atomic E-state index is -1.60. The predicted octanol–water partition coefficient (Wildman–Crippen LogP) is 0.708. The molecule has 0 aliphatic carbocycles. The molecule has 0 atom stereocenters. The first-order chi connectivity index (χ1) is 6.13. The number of carboxylic acid groups (broad SMARTS) is 1. The Morgan fingerprint density at radius 1 is 1.15 bits per heavy atom. The van der Waals surface area contributed by atoms with Crippen molar-refractivity contribution in [3.05, 3.63) is 35.9 Å². The highest BCUT2D eigenvalue weighted by atomic mass is 16.4. The Morgan fingerprint density at radius 3 is 2.15 bits per heavy atom. The van der Waals surface area contributed by atoms with E-state index in [4.69, 9.17) is 10.5 Å². The van der Waals surface area contributed by atoms with Gasteiger partial charge in [0.05, 0.1) is 0 Å². The van der Waals surface area contributed by atoms with Crippen molar-refractivity contribution in [2.75, 3.05) is 0 Å². The predicted molar refractivity (Wildman–Crippen MR) is 45.9 cm³/mol. The lowest BCUT2D eigenvalue weighted by atomic mass is 10.1. The second kappa shape index (κ2) is 3.62. The molecule has 0 amide bonds. The molecule has 0 spiro atoms. The van der Waals surface area contributed by atoms with Gasteiger partial charge >= 0.3 is 5.97 Å². The number of Topliss-reactive ketones (excluding diaryl/α,β-unsaturated/α-hetero) is 1. The number of hydrogen-bond acceptors (Lipinski definition) is 3. The molecule has 1 rings (SSSR count). The van der Waals surface area contributed by atoms with E-state index < -0.39 is 17.5 Å². The van der Waals surface area contributed by atoms with Crippen LogP contribution in [0.4, 0.5) is 0 Å². The number of nitrogens with one attached hydrogen (secondary N) is 1. The monoisotopic (exact) mass is 177 g/mol. The average Bonchev–Trinajstić information content (AvgIpc) is 2.17. The number of benzene rings is 1. The molecule has 0 aromatic heterocycles. The molecule has 0 saturated heterocycles. The highest BCUT2D eigenvalue weighted by Crippen LogP contribution is 2.00. The summed E-state index contributed by atoms with van der Waals surface area (Å²) < 4.78 is 0. The fourth-order valence-corrected chi connectivity index (χ4v) is 0.843. The van der Waals surface area contributed by atoms with E-state index >= 15 is 0 Å². The summed E-state index contributed by atoms with van der Waals surface area (Å²) in [5.74, 6) is -2.79. The first-order valence-corrected chi connectivity index (χ1v) is 3.54. The lowest BCUT2D eigenvalue weighted by molar-refractivity contribution is -0.145. The summed E-state index contributed by atoms with van der Waals surface area (Å²) >= 11 is 0. The number of ketones is 1. The highest BCUT2D eigenvalue weighted by molar-refractivity contribution is 6.65. The van der Waals surface area contributed by atoms with Crippen LogP contribution in [0, 0.1) is 5.41 Å². The minimum absolute atomic E-state index is 0.315. The van der Waals surface area contributed by atoms with Crippen LogP contribution < -0.4 is 0 Å². The number of carbonyl (C=O) groups excluding carboxylic acids is 1. The molecule has 0 saturated carbocycles. The van der Waals surface area contributed by atoms with Gasteiger partial charge in [-0.1, -0.05) is 30.3 Å². The van der Waals surface area contributed by atoms with Gasteiger partial charge in [-0.3, -0.25) is 10.2 Å². The maximum absolute atomic E-state index is 10.8. The van der Waals surface area contributed by atoms with Gasteiger partial charge in [0.1, 0.15) is 5.71 Å². The van der Waals surface area contributed by atoms with Crippen molar-refractivity contribution in [2.24, 2.45) is 0 Å². The number of aliphatic carboxylic acids is 1. The molecule has 0 unspecified atom stereocenters. The second-order valence-corrected chi connectivity index (χ2v) is 2.38. The molecule has 0 bridgehead atoms. The zero-order valence-electron chi connectivity index (χ0n) is 6.65. The van der Waals surface area contributed by atoms with Crippen molar-refractivity contribution in [1.29, 1.82) is 5.41 Å². The Hall–Kier alpha value is -1.97. The largest absolute Gasteiger partial charge is 0.475 e. The molecule has 0 fully saturated rings. The van der Waals surface area contributed by atoms with Crippen LogP contribution in [0.5, 0.6) is 0 Å². The first kappa shape index (κ1) is 9.12. The van der Waals surface area contributed by atoms with Crippen molar-refractivity contribution in [1.82, 2.24) is 0 Å². The molecule has 1 aromatic rings.